The summed E-state index contributed by atoms with van der Waals surface area (Å²) in [5.41, 5.74) is 2.80. The Balaban J connectivity index is 1.53. The minimum atomic E-state index is -0.597. The van der Waals surface area contributed by atoms with Gasteiger partial charge in [-0.25, -0.2) is 28.7 Å². The zero-order valence-corrected chi connectivity index (χ0v) is 20.8. The maximum absolute atomic E-state index is 4.91. The van der Waals surface area contributed by atoms with E-state index in [1.165, 1.54) is 0 Å². The summed E-state index contributed by atoms with van der Waals surface area (Å²) < 4.78 is 5.49. The molecule has 0 aliphatic carbocycles. The number of hydrogen-bond acceptors (Lipinski definition) is 6. The Morgan fingerprint density at radius 3 is 0.973 bits per heavy atom. The van der Waals surface area contributed by atoms with E-state index in [9.17, 15) is 0 Å². The van der Waals surface area contributed by atoms with Crippen molar-refractivity contribution >= 4 is 7.12 Å². The van der Waals surface area contributed by atoms with Crippen LogP contribution >= 0.6 is 0 Å². The molecule has 0 aliphatic heterocycles. The summed E-state index contributed by atoms with van der Waals surface area (Å²) in [4.78, 5) is 14.3. The number of aryl methyl sites for hydroxylation is 3. The number of rotatable bonds is 6. The van der Waals surface area contributed by atoms with Crippen molar-refractivity contribution in [3.05, 3.63) is 108 Å². The Labute approximate surface area is 214 Å². The first-order chi connectivity index (χ1) is 18.1. The van der Waals surface area contributed by atoms with Gasteiger partial charge in [-0.05, 0) is 20.8 Å². The van der Waals surface area contributed by atoms with Crippen molar-refractivity contribution in [1.82, 2.24) is 44.0 Å². The van der Waals surface area contributed by atoms with Gasteiger partial charge in [0.05, 0.1) is 0 Å². The number of benzene rings is 3. The summed E-state index contributed by atoms with van der Waals surface area (Å²) in [5.74, 6) is 4.05. The highest BCUT2D eigenvalue weighted by Crippen LogP contribution is 2.20. The van der Waals surface area contributed by atoms with Crippen LogP contribution in [0.4, 0.5) is 0 Å². The lowest BCUT2D eigenvalue weighted by atomic mass is 9.94. The Kier molecular flexibility index (Phi) is 5.68. The van der Waals surface area contributed by atoms with Crippen LogP contribution in [-0.4, -0.2) is 51.1 Å². The topological polar surface area (TPSA) is 92.1 Å². The van der Waals surface area contributed by atoms with E-state index in [1.54, 1.807) is 0 Å². The molecule has 0 saturated carbocycles. The molecule has 0 unspecified atom stereocenters. The molecule has 0 spiro atoms. The van der Waals surface area contributed by atoms with Gasteiger partial charge in [0.25, 0.3) is 0 Å². The number of aromatic nitrogens is 9. The van der Waals surface area contributed by atoms with Crippen molar-refractivity contribution in [2.75, 3.05) is 0 Å². The van der Waals surface area contributed by atoms with Gasteiger partial charge in [-0.2, -0.15) is 15.3 Å². The number of nitrogens with zero attached hydrogens (tertiary/aromatic N) is 9. The SMILES string of the molecule is Cc1nc(-c2ccccc2)nn1B(n1nc(-c2ccccc2)nc1C)n1nc(-c2ccccc2)nc1C. The lowest BCUT2D eigenvalue weighted by molar-refractivity contribution is 0.736. The van der Waals surface area contributed by atoms with Gasteiger partial charge in [0.2, 0.25) is 0 Å². The Morgan fingerprint density at radius 1 is 0.432 bits per heavy atom. The Bertz CT molecular complexity index is 1460. The summed E-state index contributed by atoms with van der Waals surface area (Å²) >= 11 is 0. The van der Waals surface area contributed by atoms with Crippen molar-refractivity contribution in [1.29, 1.82) is 0 Å². The lowest BCUT2D eigenvalue weighted by Gasteiger charge is -2.16. The summed E-state index contributed by atoms with van der Waals surface area (Å²) in [6, 6.07) is 29.8. The third-order valence-electron chi connectivity index (χ3n) is 6.16. The first kappa shape index (κ1) is 22.6. The molecule has 0 aliphatic rings. The van der Waals surface area contributed by atoms with Crippen LogP contribution in [0.25, 0.3) is 34.2 Å². The molecule has 6 rings (SSSR count). The van der Waals surface area contributed by atoms with Crippen LogP contribution in [0.1, 0.15) is 17.5 Å². The molecule has 0 radical (unpaired) electrons. The fraction of sp³-hybridized carbons (Fsp3) is 0.111. The molecular formula is C27H24BN9. The summed E-state index contributed by atoms with van der Waals surface area (Å²) in [7, 11) is -0.597. The lowest BCUT2D eigenvalue weighted by Crippen LogP contribution is -2.45. The zero-order valence-electron chi connectivity index (χ0n) is 20.8. The maximum Gasteiger partial charge on any atom is 0.573 e. The second-order valence-electron chi connectivity index (χ2n) is 8.73. The molecule has 3 aromatic carbocycles. The quantitative estimate of drug-likeness (QED) is 0.327. The van der Waals surface area contributed by atoms with Crippen molar-refractivity contribution < 1.29 is 0 Å². The van der Waals surface area contributed by atoms with E-state index >= 15 is 0 Å². The first-order valence-electron chi connectivity index (χ1n) is 12.0. The fourth-order valence-electron chi connectivity index (χ4n) is 4.30. The average Bonchev–Trinajstić information content (AvgIpc) is 3.64. The summed E-state index contributed by atoms with van der Waals surface area (Å²) in [5, 5.41) is 14.7. The molecule has 180 valence electrons. The second kappa shape index (κ2) is 9.31. The van der Waals surface area contributed by atoms with E-state index in [0.717, 1.165) is 34.2 Å². The van der Waals surface area contributed by atoms with E-state index in [4.69, 9.17) is 30.2 Å². The summed E-state index contributed by atoms with van der Waals surface area (Å²) in [6.07, 6.45) is 0. The van der Waals surface area contributed by atoms with Crippen molar-refractivity contribution in [3.63, 3.8) is 0 Å². The highest BCUT2D eigenvalue weighted by molar-refractivity contribution is 6.53. The molecule has 6 aromatic rings. The predicted molar refractivity (Wildman–Crippen MR) is 143 cm³/mol. The van der Waals surface area contributed by atoms with Gasteiger partial charge in [0.1, 0.15) is 17.5 Å². The molecule has 3 aromatic heterocycles. The largest absolute Gasteiger partial charge is 0.573 e. The van der Waals surface area contributed by atoms with E-state index in [0.29, 0.717) is 17.5 Å². The molecule has 10 heteroatoms. The molecular weight excluding hydrogens is 461 g/mol. The minimum absolute atomic E-state index is 0.597. The van der Waals surface area contributed by atoms with Gasteiger partial charge in [0, 0.05) is 16.7 Å². The standard InChI is InChI=1S/C27H24BN9/c1-19-29-25(22-13-7-4-8-14-22)32-35(19)28(36-20(2)30-26(33-36)23-15-9-5-10-16-23)37-21(3)31-27(34-37)24-17-11-6-12-18-24/h4-18H,1-3H3. The molecule has 0 saturated heterocycles. The first-order valence-corrected chi connectivity index (χ1v) is 12.0. The van der Waals surface area contributed by atoms with Crippen LogP contribution in [-0.2, 0) is 0 Å². The van der Waals surface area contributed by atoms with Crippen LogP contribution in [0, 0.1) is 20.8 Å². The number of hydrogen-bond donors (Lipinski definition) is 0. The van der Waals surface area contributed by atoms with Crippen LogP contribution in [0.3, 0.4) is 0 Å². The van der Waals surface area contributed by atoms with Gasteiger partial charge >= 0.3 is 7.12 Å². The van der Waals surface area contributed by atoms with Crippen molar-refractivity contribution in [3.8, 4) is 34.2 Å². The summed E-state index contributed by atoms with van der Waals surface area (Å²) in [6.45, 7) is 5.80. The molecule has 0 N–H and O–H groups in total. The molecule has 9 nitrogen and oxygen atoms in total. The normalized spacial score (nSPS) is 11.1. The van der Waals surface area contributed by atoms with Crippen molar-refractivity contribution in [2.24, 2.45) is 0 Å². The van der Waals surface area contributed by atoms with E-state index in [1.807, 2.05) is 126 Å². The van der Waals surface area contributed by atoms with Gasteiger partial charge in [-0.15, -0.1) is 0 Å². The molecule has 3 heterocycles. The van der Waals surface area contributed by atoms with Gasteiger partial charge < -0.3 is 0 Å². The Morgan fingerprint density at radius 2 is 0.703 bits per heavy atom. The van der Waals surface area contributed by atoms with Gasteiger partial charge in [-0.1, -0.05) is 91.0 Å². The molecule has 0 amide bonds. The smallest absolute Gasteiger partial charge is 0.247 e. The third kappa shape index (κ3) is 4.22. The fourth-order valence-corrected chi connectivity index (χ4v) is 4.30. The van der Waals surface area contributed by atoms with Crippen LogP contribution in [0.5, 0.6) is 0 Å². The maximum atomic E-state index is 4.91. The Hall–Kier alpha value is -4.86. The second-order valence-corrected chi connectivity index (χ2v) is 8.73. The van der Waals surface area contributed by atoms with Crippen molar-refractivity contribution in [2.45, 2.75) is 20.8 Å². The molecule has 0 bridgehead atoms. The van der Waals surface area contributed by atoms with Crippen LogP contribution < -0.4 is 0 Å². The van der Waals surface area contributed by atoms with E-state index in [-0.39, 0.29) is 0 Å². The van der Waals surface area contributed by atoms with Gasteiger partial charge in [-0.3, -0.25) is 0 Å². The van der Waals surface area contributed by atoms with E-state index in [2.05, 4.69) is 0 Å². The highest BCUT2D eigenvalue weighted by atomic mass is 15.5. The third-order valence-corrected chi connectivity index (χ3v) is 6.16. The molecule has 37 heavy (non-hydrogen) atoms. The van der Waals surface area contributed by atoms with Crippen LogP contribution in [0.2, 0.25) is 0 Å². The van der Waals surface area contributed by atoms with Crippen LogP contribution in [0.15, 0.2) is 91.0 Å². The molecule has 0 atom stereocenters. The predicted octanol–water partition coefficient (Wildman–Crippen LogP) is 4.32. The zero-order chi connectivity index (χ0) is 25.4. The minimum Gasteiger partial charge on any atom is -0.247 e. The monoisotopic (exact) mass is 485 g/mol. The van der Waals surface area contributed by atoms with Gasteiger partial charge in [0.15, 0.2) is 17.5 Å². The highest BCUT2D eigenvalue weighted by Gasteiger charge is 2.35. The molecule has 0 fully saturated rings. The van der Waals surface area contributed by atoms with E-state index < -0.39 is 7.12 Å². The average molecular weight is 485 g/mol.